The topological polar surface area (TPSA) is 92.3 Å². The fourth-order valence-corrected chi connectivity index (χ4v) is 3.79. The van der Waals surface area contributed by atoms with Gasteiger partial charge in [-0.2, -0.15) is 0 Å². The lowest BCUT2D eigenvalue weighted by atomic mass is 10.1. The Hall–Kier alpha value is -4.64. The predicted octanol–water partition coefficient (Wildman–Crippen LogP) is 3.82. The molecule has 1 amide bonds. The molecule has 174 valence electrons. The van der Waals surface area contributed by atoms with Gasteiger partial charge < -0.3 is 20.3 Å². The van der Waals surface area contributed by atoms with Gasteiger partial charge in [-0.3, -0.25) is 4.79 Å². The van der Waals surface area contributed by atoms with Crippen LogP contribution in [0, 0.1) is 11.8 Å². The first-order valence-corrected chi connectivity index (χ1v) is 11.3. The number of carbonyl (C=O) groups is 1. The summed E-state index contributed by atoms with van der Waals surface area (Å²) in [6.07, 6.45) is 5.32. The highest BCUT2D eigenvalue weighted by Gasteiger charge is 2.30. The third kappa shape index (κ3) is 4.99. The zero-order chi connectivity index (χ0) is 24.2. The second-order valence-electron chi connectivity index (χ2n) is 8.16. The molecule has 35 heavy (non-hydrogen) atoms. The molecular weight excluding hydrogens is 440 g/mol. The smallest absolute Gasteiger partial charge is 0.219 e. The lowest BCUT2D eigenvalue weighted by Crippen LogP contribution is -2.55. The van der Waals surface area contributed by atoms with Crippen LogP contribution in [0.5, 0.6) is 5.75 Å². The first kappa shape index (κ1) is 22.2. The molecule has 0 saturated carbocycles. The number of hydrogen-bond donors (Lipinski definition) is 2. The van der Waals surface area contributed by atoms with Crippen LogP contribution in [0.4, 0.5) is 17.5 Å². The maximum Gasteiger partial charge on any atom is 0.219 e. The van der Waals surface area contributed by atoms with Crippen molar-refractivity contribution < 1.29 is 9.53 Å². The van der Waals surface area contributed by atoms with Crippen molar-refractivity contribution in [2.24, 2.45) is 0 Å². The van der Waals surface area contributed by atoms with Crippen molar-refractivity contribution in [2.75, 3.05) is 30.8 Å². The quantitative estimate of drug-likeness (QED) is 0.434. The molecule has 4 aromatic rings. The lowest BCUT2D eigenvalue weighted by Gasteiger charge is -2.38. The molecule has 0 aliphatic carbocycles. The summed E-state index contributed by atoms with van der Waals surface area (Å²) in [6, 6.07) is 15.3. The van der Waals surface area contributed by atoms with Crippen molar-refractivity contribution >= 4 is 34.1 Å². The van der Waals surface area contributed by atoms with Gasteiger partial charge in [0.25, 0.3) is 0 Å². The number of fused-ring (bicyclic) bond motifs is 1. The highest BCUT2D eigenvalue weighted by atomic mass is 16.5. The second-order valence-corrected chi connectivity index (χ2v) is 8.16. The first-order valence-electron chi connectivity index (χ1n) is 11.3. The van der Waals surface area contributed by atoms with Gasteiger partial charge in [0, 0.05) is 48.9 Å². The zero-order valence-corrected chi connectivity index (χ0v) is 19.4. The molecule has 4 heterocycles. The zero-order valence-electron chi connectivity index (χ0n) is 19.4. The normalized spacial score (nSPS) is 12.9. The van der Waals surface area contributed by atoms with Crippen molar-refractivity contribution in [1.29, 1.82) is 0 Å². The fourth-order valence-electron chi connectivity index (χ4n) is 3.79. The summed E-state index contributed by atoms with van der Waals surface area (Å²) in [5, 5.41) is 8.16. The third-order valence-electron chi connectivity index (χ3n) is 5.72. The number of pyridine rings is 3. The molecule has 0 atom stereocenters. The first-order chi connectivity index (χ1) is 17.1. The fraction of sp³-hybridized carbons (Fsp3) is 0.185. The highest BCUT2D eigenvalue weighted by molar-refractivity contribution is 5.96. The average molecular weight is 465 g/mol. The summed E-state index contributed by atoms with van der Waals surface area (Å²) in [4.78, 5) is 26.4. The van der Waals surface area contributed by atoms with Gasteiger partial charge in [-0.05, 0) is 42.5 Å². The van der Waals surface area contributed by atoms with E-state index in [1.54, 1.807) is 30.4 Å². The molecule has 1 aromatic carbocycles. The van der Waals surface area contributed by atoms with E-state index >= 15 is 0 Å². The summed E-state index contributed by atoms with van der Waals surface area (Å²) < 4.78 is 5.92. The van der Waals surface area contributed by atoms with Crippen LogP contribution < -0.4 is 15.4 Å². The molecule has 8 heteroatoms. The molecule has 2 N–H and O–H groups in total. The highest BCUT2D eigenvalue weighted by Crippen LogP contribution is 2.26. The van der Waals surface area contributed by atoms with E-state index in [2.05, 4.69) is 37.4 Å². The van der Waals surface area contributed by atoms with Crippen molar-refractivity contribution in [3.8, 4) is 17.6 Å². The van der Waals surface area contributed by atoms with Crippen LogP contribution in [0.25, 0.3) is 10.8 Å². The van der Waals surface area contributed by atoms with Crippen LogP contribution in [0.2, 0.25) is 0 Å². The molecule has 0 bridgehead atoms. The Morgan fingerprint density at radius 3 is 2.54 bits per heavy atom. The molecule has 5 rings (SSSR count). The van der Waals surface area contributed by atoms with Crippen molar-refractivity contribution in [2.45, 2.75) is 13.0 Å². The Morgan fingerprint density at radius 1 is 1.00 bits per heavy atom. The van der Waals surface area contributed by atoms with Crippen LogP contribution >= 0.6 is 0 Å². The number of nitrogens with one attached hydrogen (secondary N) is 2. The van der Waals surface area contributed by atoms with E-state index in [-0.39, 0.29) is 12.0 Å². The van der Waals surface area contributed by atoms with E-state index in [9.17, 15) is 4.79 Å². The summed E-state index contributed by atoms with van der Waals surface area (Å²) >= 11 is 0. The Morgan fingerprint density at radius 2 is 1.83 bits per heavy atom. The standard InChI is InChI=1S/C27H24N6O2/c1-18(34)33-16-22(17-33)35-21-10-7-19(8-11-21)6-9-20-14-31-27(28-2)24-15-30-26(13-23(20)24)32-25-5-3-4-12-29-25/h3-5,7-8,10-15,22H,16-17H2,1-2H3,(H,28,31)(H,29,30,32). The SMILES string of the molecule is CNc1ncc(C#Cc2ccc(OC3CN(C(C)=O)C3)cc2)c2cc(Nc3ccccn3)ncc12. The number of hydrogen-bond acceptors (Lipinski definition) is 7. The minimum atomic E-state index is 0.0430. The van der Waals surface area contributed by atoms with Gasteiger partial charge in [-0.25, -0.2) is 15.0 Å². The maximum atomic E-state index is 11.3. The van der Waals surface area contributed by atoms with Crippen LogP contribution in [-0.4, -0.2) is 52.0 Å². The number of amides is 1. The molecule has 8 nitrogen and oxygen atoms in total. The number of anilines is 3. The molecule has 1 aliphatic heterocycles. The van der Waals surface area contributed by atoms with E-state index in [0.717, 1.165) is 33.5 Å². The van der Waals surface area contributed by atoms with Crippen molar-refractivity contribution in [3.05, 3.63) is 78.2 Å². The summed E-state index contributed by atoms with van der Waals surface area (Å²) in [6.45, 7) is 2.83. The number of ether oxygens (including phenoxy) is 1. The summed E-state index contributed by atoms with van der Waals surface area (Å²) in [5.74, 6) is 9.45. The van der Waals surface area contributed by atoms with Gasteiger partial charge in [-0.1, -0.05) is 17.9 Å². The van der Waals surface area contributed by atoms with Gasteiger partial charge in [-0.15, -0.1) is 0 Å². The van der Waals surface area contributed by atoms with Crippen molar-refractivity contribution in [1.82, 2.24) is 19.9 Å². The van der Waals surface area contributed by atoms with Gasteiger partial charge in [0.1, 0.15) is 29.3 Å². The van der Waals surface area contributed by atoms with Gasteiger partial charge in [0.15, 0.2) is 0 Å². The Bertz CT molecular complexity index is 1420. The van der Waals surface area contributed by atoms with Crippen LogP contribution in [-0.2, 0) is 4.79 Å². The van der Waals surface area contributed by atoms with E-state index in [1.807, 2.05) is 55.6 Å². The monoisotopic (exact) mass is 464 g/mol. The van der Waals surface area contributed by atoms with Gasteiger partial charge >= 0.3 is 0 Å². The van der Waals surface area contributed by atoms with Crippen LogP contribution in [0.3, 0.4) is 0 Å². The Labute approximate surface area is 203 Å². The minimum absolute atomic E-state index is 0.0430. The van der Waals surface area contributed by atoms with E-state index < -0.39 is 0 Å². The predicted molar refractivity (Wildman–Crippen MR) is 136 cm³/mol. The van der Waals surface area contributed by atoms with Crippen LogP contribution in [0.15, 0.2) is 67.1 Å². The molecule has 0 spiro atoms. The van der Waals surface area contributed by atoms with Gasteiger partial charge in [0.05, 0.1) is 18.7 Å². The third-order valence-corrected chi connectivity index (χ3v) is 5.72. The maximum absolute atomic E-state index is 11.3. The summed E-state index contributed by atoms with van der Waals surface area (Å²) in [7, 11) is 1.83. The number of aromatic nitrogens is 3. The second kappa shape index (κ2) is 9.69. The number of benzene rings is 1. The van der Waals surface area contributed by atoms with E-state index in [4.69, 9.17) is 4.74 Å². The van der Waals surface area contributed by atoms with E-state index in [1.165, 1.54) is 0 Å². The Kier molecular flexibility index (Phi) is 6.14. The van der Waals surface area contributed by atoms with Gasteiger partial charge in [0.2, 0.25) is 5.91 Å². The molecule has 1 fully saturated rings. The summed E-state index contributed by atoms with van der Waals surface area (Å²) in [5.41, 5.74) is 1.66. The number of carbonyl (C=O) groups excluding carboxylic acids is 1. The van der Waals surface area contributed by atoms with Crippen molar-refractivity contribution in [3.63, 3.8) is 0 Å². The molecule has 0 unspecified atom stereocenters. The number of likely N-dealkylation sites (tertiary alicyclic amines) is 1. The molecular formula is C27H24N6O2. The number of rotatable bonds is 5. The lowest BCUT2D eigenvalue weighted by molar-refractivity contribution is -0.137. The molecule has 0 radical (unpaired) electrons. The average Bonchev–Trinajstić information content (AvgIpc) is 2.85. The van der Waals surface area contributed by atoms with Crippen LogP contribution in [0.1, 0.15) is 18.1 Å². The number of nitrogens with zero attached hydrogens (tertiary/aromatic N) is 4. The minimum Gasteiger partial charge on any atom is -0.487 e. The molecule has 3 aromatic heterocycles. The molecule has 1 aliphatic rings. The van der Waals surface area contributed by atoms with E-state index in [0.29, 0.717) is 24.7 Å². The largest absolute Gasteiger partial charge is 0.487 e. The Balaban J connectivity index is 1.36. The molecule has 1 saturated heterocycles.